The Bertz CT molecular complexity index is 602. The molecular weight excluding hydrogens is 275 g/mol. The highest BCUT2D eigenvalue weighted by molar-refractivity contribution is 6.31. The van der Waals surface area contributed by atoms with Crippen molar-refractivity contribution in [3.63, 3.8) is 0 Å². The number of aromatic nitrogens is 3. The summed E-state index contributed by atoms with van der Waals surface area (Å²) < 4.78 is 17.6. The Morgan fingerprint density at radius 2 is 2.37 bits per heavy atom. The molecule has 1 aromatic heterocycles. The lowest BCUT2D eigenvalue weighted by atomic mass is 10.1. The number of ether oxygens (including phenoxy) is 1. The first-order valence-corrected chi connectivity index (χ1v) is 5.66. The summed E-state index contributed by atoms with van der Waals surface area (Å²) in [6.45, 7) is 0. The summed E-state index contributed by atoms with van der Waals surface area (Å²) in [5.74, 6) is -0.637. The van der Waals surface area contributed by atoms with Gasteiger partial charge in [0.2, 0.25) is 11.9 Å². The van der Waals surface area contributed by atoms with Crippen LogP contribution in [0.5, 0.6) is 6.01 Å². The van der Waals surface area contributed by atoms with Gasteiger partial charge in [-0.1, -0.05) is 17.7 Å². The van der Waals surface area contributed by atoms with Crippen molar-refractivity contribution < 1.29 is 13.9 Å². The lowest BCUT2D eigenvalue weighted by molar-refractivity contribution is -0.115. The highest BCUT2D eigenvalue weighted by atomic mass is 35.5. The van der Waals surface area contributed by atoms with E-state index in [-0.39, 0.29) is 29.3 Å². The maximum atomic E-state index is 12.9. The van der Waals surface area contributed by atoms with Crippen molar-refractivity contribution in [2.45, 2.75) is 6.42 Å². The second-order valence-electron chi connectivity index (χ2n) is 3.63. The van der Waals surface area contributed by atoms with Crippen LogP contribution in [0.15, 0.2) is 18.2 Å². The molecule has 2 rings (SSSR count). The fraction of sp³-hybridized carbons (Fsp3) is 0.182. The third-order valence-electron chi connectivity index (χ3n) is 2.27. The van der Waals surface area contributed by atoms with Crippen LogP contribution in [0.2, 0.25) is 5.02 Å². The minimum absolute atomic E-state index is 0.00211. The Hall–Kier alpha value is -2.15. The second-order valence-corrected chi connectivity index (χ2v) is 4.04. The number of aromatic amines is 1. The number of halogens is 2. The fourth-order valence-electron chi connectivity index (χ4n) is 1.41. The van der Waals surface area contributed by atoms with Crippen molar-refractivity contribution in [2.24, 2.45) is 0 Å². The van der Waals surface area contributed by atoms with Crippen molar-refractivity contribution >= 4 is 23.5 Å². The molecule has 6 nitrogen and oxygen atoms in total. The molecule has 0 radical (unpaired) electrons. The van der Waals surface area contributed by atoms with Gasteiger partial charge in [-0.2, -0.15) is 4.98 Å². The lowest BCUT2D eigenvalue weighted by Crippen LogP contribution is -2.15. The number of nitrogens with zero attached hydrogens (tertiary/aromatic N) is 2. The first-order chi connectivity index (χ1) is 9.08. The molecule has 100 valence electrons. The van der Waals surface area contributed by atoms with Crippen LogP contribution < -0.4 is 10.1 Å². The Morgan fingerprint density at radius 1 is 1.58 bits per heavy atom. The number of rotatable bonds is 4. The molecule has 0 unspecified atom stereocenters. The maximum absolute atomic E-state index is 12.9. The van der Waals surface area contributed by atoms with Crippen LogP contribution in [-0.4, -0.2) is 28.2 Å². The molecule has 0 saturated heterocycles. The van der Waals surface area contributed by atoms with Gasteiger partial charge in [-0.05, 0) is 17.7 Å². The Kier molecular flexibility index (Phi) is 3.96. The van der Waals surface area contributed by atoms with Gasteiger partial charge < -0.3 is 4.74 Å². The van der Waals surface area contributed by atoms with E-state index in [2.05, 4.69) is 20.5 Å². The number of anilines is 1. The summed E-state index contributed by atoms with van der Waals surface area (Å²) >= 11 is 5.83. The summed E-state index contributed by atoms with van der Waals surface area (Å²) in [6.07, 6.45) is 0.00211. The SMILES string of the molecule is COc1n[nH]c(NC(=O)Cc2ccc(F)cc2Cl)n1. The van der Waals surface area contributed by atoms with Crippen LogP contribution in [-0.2, 0) is 11.2 Å². The lowest BCUT2D eigenvalue weighted by Gasteiger charge is -2.04. The molecule has 1 amide bonds. The largest absolute Gasteiger partial charge is 0.466 e. The second kappa shape index (κ2) is 5.66. The molecule has 0 saturated carbocycles. The third kappa shape index (κ3) is 3.41. The Labute approximate surface area is 112 Å². The van der Waals surface area contributed by atoms with Crippen LogP contribution in [0.1, 0.15) is 5.56 Å². The van der Waals surface area contributed by atoms with Crippen molar-refractivity contribution in [1.82, 2.24) is 15.2 Å². The molecule has 8 heteroatoms. The minimum atomic E-state index is -0.450. The zero-order chi connectivity index (χ0) is 13.8. The molecule has 0 spiro atoms. The van der Waals surface area contributed by atoms with Gasteiger partial charge >= 0.3 is 6.01 Å². The van der Waals surface area contributed by atoms with Crippen molar-refractivity contribution in [2.75, 3.05) is 12.4 Å². The molecule has 19 heavy (non-hydrogen) atoms. The van der Waals surface area contributed by atoms with E-state index in [1.165, 1.54) is 19.2 Å². The number of hydrogen-bond acceptors (Lipinski definition) is 4. The molecule has 0 aliphatic carbocycles. The number of carbonyl (C=O) groups excluding carboxylic acids is 1. The average molecular weight is 285 g/mol. The minimum Gasteiger partial charge on any atom is -0.466 e. The summed E-state index contributed by atoms with van der Waals surface area (Å²) in [4.78, 5) is 15.6. The molecule has 1 aromatic carbocycles. The maximum Gasteiger partial charge on any atom is 0.336 e. The van der Waals surface area contributed by atoms with Crippen molar-refractivity contribution in [3.8, 4) is 6.01 Å². The Balaban J connectivity index is 2.01. The Morgan fingerprint density at radius 3 is 3.00 bits per heavy atom. The summed E-state index contributed by atoms with van der Waals surface area (Å²) in [6, 6.07) is 3.97. The van der Waals surface area contributed by atoms with Crippen LogP contribution >= 0.6 is 11.6 Å². The van der Waals surface area contributed by atoms with Gasteiger partial charge in [0.1, 0.15) is 5.82 Å². The van der Waals surface area contributed by atoms with Gasteiger partial charge in [0.15, 0.2) is 0 Å². The van der Waals surface area contributed by atoms with E-state index in [1.807, 2.05) is 0 Å². The zero-order valence-electron chi connectivity index (χ0n) is 9.91. The molecular formula is C11H10ClFN4O2. The van der Waals surface area contributed by atoms with Crippen LogP contribution in [0.4, 0.5) is 10.3 Å². The number of amides is 1. The van der Waals surface area contributed by atoms with Crippen molar-refractivity contribution in [3.05, 3.63) is 34.6 Å². The molecule has 0 bridgehead atoms. The van der Waals surface area contributed by atoms with Gasteiger partial charge in [-0.15, -0.1) is 5.10 Å². The smallest absolute Gasteiger partial charge is 0.336 e. The number of hydrogen-bond donors (Lipinski definition) is 2. The molecule has 2 N–H and O–H groups in total. The van der Waals surface area contributed by atoms with E-state index in [1.54, 1.807) is 0 Å². The highest BCUT2D eigenvalue weighted by Crippen LogP contribution is 2.18. The summed E-state index contributed by atoms with van der Waals surface area (Å²) in [5, 5.41) is 8.85. The topological polar surface area (TPSA) is 79.9 Å². The fourth-order valence-corrected chi connectivity index (χ4v) is 1.64. The standard InChI is InChI=1S/C11H10ClFN4O2/c1-19-11-15-10(16-17-11)14-9(18)4-6-2-3-7(13)5-8(6)12/h2-3,5H,4H2,1H3,(H2,14,15,16,17,18). The molecule has 2 aromatic rings. The normalized spacial score (nSPS) is 10.3. The quantitative estimate of drug-likeness (QED) is 0.897. The highest BCUT2D eigenvalue weighted by Gasteiger charge is 2.10. The van der Waals surface area contributed by atoms with Crippen LogP contribution in [0.3, 0.4) is 0 Å². The van der Waals surface area contributed by atoms with E-state index < -0.39 is 5.82 Å². The third-order valence-corrected chi connectivity index (χ3v) is 2.62. The van der Waals surface area contributed by atoms with Gasteiger partial charge in [0, 0.05) is 5.02 Å². The average Bonchev–Trinajstić information content (AvgIpc) is 2.80. The number of H-pyrrole nitrogens is 1. The van der Waals surface area contributed by atoms with Crippen LogP contribution in [0, 0.1) is 5.82 Å². The number of benzene rings is 1. The van der Waals surface area contributed by atoms with Gasteiger partial charge in [-0.25, -0.2) is 9.49 Å². The molecule has 1 heterocycles. The van der Waals surface area contributed by atoms with Crippen molar-refractivity contribution in [1.29, 1.82) is 0 Å². The van der Waals surface area contributed by atoms with E-state index in [0.717, 1.165) is 6.07 Å². The predicted molar refractivity (Wildman–Crippen MR) is 66.7 cm³/mol. The van der Waals surface area contributed by atoms with E-state index in [9.17, 15) is 9.18 Å². The zero-order valence-corrected chi connectivity index (χ0v) is 10.7. The number of methoxy groups -OCH3 is 1. The number of carbonyl (C=O) groups is 1. The molecule has 0 fully saturated rings. The van der Waals surface area contributed by atoms with Gasteiger partial charge in [0.05, 0.1) is 13.5 Å². The molecule has 0 aliphatic heterocycles. The first kappa shape index (κ1) is 13.3. The summed E-state index contributed by atoms with van der Waals surface area (Å²) in [7, 11) is 1.41. The van der Waals surface area contributed by atoms with E-state index in [4.69, 9.17) is 16.3 Å². The van der Waals surface area contributed by atoms with Gasteiger partial charge in [-0.3, -0.25) is 10.1 Å². The van der Waals surface area contributed by atoms with Gasteiger partial charge in [0.25, 0.3) is 0 Å². The monoisotopic (exact) mass is 284 g/mol. The van der Waals surface area contributed by atoms with E-state index >= 15 is 0 Å². The van der Waals surface area contributed by atoms with E-state index in [0.29, 0.717) is 5.56 Å². The number of nitrogens with one attached hydrogen (secondary N) is 2. The first-order valence-electron chi connectivity index (χ1n) is 5.28. The molecule has 0 atom stereocenters. The van der Waals surface area contributed by atoms with Crippen LogP contribution in [0.25, 0.3) is 0 Å². The summed E-state index contributed by atoms with van der Waals surface area (Å²) in [5.41, 5.74) is 0.520. The molecule has 0 aliphatic rings. The predicted octanol–water partition coefficient (Wildman–Crippen LogP) is 1.79.